The van der Waals surface area contributed by atoms with Crippen LogP contribution in [0.3, 0.4) is 0 Å². The topological polar surface area (TPSA) is 83.6 Å². The van der Waals surface area contributed by atoms with Crippen LogP contribution in [0.1, 0.15) is 40.9 Å². The average Bonchev–Trinajstić information content (AvgIpc) is 2.20. The van der Waals surface area contributed by atoms with Crippen LogP contribution in [0.4, 0.5) is 0 Å². The van der Waals surface area contributed by atoms with E-state index in [4.69, 9.17) is 10.8 Å². The number of carbonyl (C=O) groups is 1. The van der Waals surface area contributed by atoms with E-state index in [0.717, 1.165) is 0 Å². The summed E-state index contributed by atoms with van der Waals surface area (Å²) in [7, 11) is 0. The Morgan fingerprint density at radius 3 is 2.50 bits per heavy atom. The van der Waals surface area contributed by atoms with Gasteiger partial charge in [0.05, 0.1) is 5.56 Å². The maximum Gasteiger partial charge on any atom is 0.335 e. The van der Waals surface area contributed by atoms with Crippen molar-refractivity contribution in [2.75, 3.05) is 0 Å². The molecule has 0 radical (unpaired) electrons. The van der Waals surface area contributed by atoms with Gasteiger partial charge in [0.1, 0.15) is 5.75 Å². The summed E-state index contributed by atoms with van der Waals surface area (Å²) < 4.78 is 0. The predicted molar refractivity (Wildman–Crippen MR) is 64.3 cm³/mol. The Morgan fingerprint density at radius 1 is 1.50 bits per heavy atom. The van der Waals surface area contributed by atoms with Crippen LogP contribution < -0.4 is 5.73 Å². The number of aromatic hydroxyl groups is 1. The number of hydrogen-bond donors (Lipinski definition) is 3. The monoisotopic (exact) mass is 245 g/mol. The number of aryl methyl sites for hydroxylation is 1. The Labute approximate surface area is 100 Å². The van der Waals surface area contributed by atoms with E-state index in [9.17, 15) is 9.90 Å². The minimum atomic E-state index is -1.01. The molecular formula is C11H16ClNO3. The largest absolute Gasteiger partial charge is 0.507 e. The van der Waals surface area contributed by atoms with Crippen molar-refractivity contribution < 1.29 is 15.0 Å². The summed E-state index contributed by atoms with van der Waals surface area (Å²) in [6.07, 6.45) is 0.649. The first-order valence-corrected chi connectivity index (χ1v) is 4.79. The zero-order chi connectivity index (χ0) is 11.6. The van der Waals surface area contributed by atoms with E-state index in [2.05, 4.69) is 0 Å². The van der Waals surface area contributed by atoms with E-state index in [1.807, 2.05) is 6.92 Å². The number of carboxylic acid groups (broad SMARTS) is 1. The lowest BCUT2D eigenvalue weighted by Crippen LogP contribution is -2.11. The third-order valence-corrected chi connectivity index (χ3v) is 2.42. The fourth-order valence-electron chi connectivity index (χ4n) is 1.43. The minimum absolute atomic E-state index is 0. The molecule has 0 fully saturated rings. The van der Waals surface area contributed by atoms with Gasteiger partial charge in [0.15, 0.2) is 0 Å². The van der Waals surface area contributed by atoms with Crippen LogP contribution in [-0.2, 0) is 0 Å². The van der Waals surface area contributed by atoms with Crippen molar-refractivity contribution in [3.63, 3.8) is 0 Å². The van der Waals surface area contributed by atoms with Crippen molar-refractivity contribution in [1.29, 1.82) is 0 Å². The molecule has 0 unspecified atom stereocenters. The van der Waals surface area contributed by atoms with E-state index in [0.29, 0.717) is 17.5 Å². The molecule has 0 aliphatic carbocycles. The molecule has 16 heavy (non-hydrogen) atoms. The zero-order valence-electron chi connectivity index (χ0n) is 9.23. The summed E-state index contributed by atoms with van der Waals surface area (Å²) in [6.45, 7) is 3.54. The van der Waals surface area contributed by atoms with Gasteiger partial charge in [-0.1, -0.05) is 6.92 Å². The minimum Gasteiger partial charge on any atom is -0.507 e. The first-order chi connectivity index (χ1) is 6.97. The molecule has 1 atom stereocenters. The van der Waals surface area contributed by atoms with Crippen molar-refractivity contribution >= 4 is 18.4 Å². The normalized spacial score (nSPS) is 11.7. The molecule has 0 heterocycles. The smallest absolute Gasteiger partial charge is 0.335 e. The standard InChI is InChI=1S/C11H15NO3.ClH/c1-3-9(12)8-5-7(11(14)15)4-6(2)10(8)13;/h4-5,9,13H,3,12H2,1-2H3,(H,14,15);1H/t9-;/m0./s1. The number of hydrogen-bond acceptors (Lipinski definition) is 3. The van der Waals surface area contributed by atoms with Crippen molar-refractivity contribution in [3.8, 4) is 5.75 Å². The number of phenolic OH excluding ortho intramolecular Hbond substituents is 1. The van der Waals surface area contributed by atoms with Gasteiger partial charge in [-0.25, -0.2) is 4.79 Å². The summed E-state index contributed by atoms with van der Waals surface area (Å²) in [5, 5.41) is 18.6. The summed E-state index contributed by atoms with van der Waals surface area (Å²) in [5.41, 5.74) is 6.97. The Kier molecular flexibility index (Phi) is 5.27. The van der Waals surface area contributed by atoms with Gasteiger partial charge in [0, 0.05) is 11.6 Å². The van der Waals surface area contributed by atoms with Crippen molar-refractivity contribution in [3.05, 3.63) is 28.8 Å². The third-order valence-electron chi connectivity index (χ3n) is 2.42. The molecule has 0 saturated heterocycles. The highest BCUT2D eigenvalue weighted by Crippen LogP contribution is 2.29. The van der Waals surface area contributed by atoms with Crippen LogP contribution in [0.25, 0.3) is 0 Å². The number of halogens is 1. The summed E-state index contributed by atoms with van der Waals surface area (Å²) in [5.74, 6) is -0.919. The molecule has 1 aromatic rings. The summed E-state index contributed by atoms with van der Waals surface area (Å²) in [4.78, 5) is 10.8. The first-order valence-electron chi connectivity index (χ1n) is 4.79. The van der Waals surface area contributed by atoms with Crippen LogP contribution in [0, 0.1) is 6.92 Å². The molecule has 90 valence electrons. The van der Waals surface area contributed by atoms with Gasteiger partial charge < -0.3 is 15.9 Å². The number of rotatable bonds is 3. The lowest BCUT2D eigenvalue weighted by atomic mass is 9.98. The SMILES string of the molecule is CC[C@H](N)c1cc(C(=O)O)cc(C)c1O.Cl. The Morgan fingerprint density at radius 2 is 2.06 bits per heavy atom. The zero-order valence-corrected chi connectivity index (χ0v) is 10.0. The summed E-state index contributed by atoms with van der Waals surface area (Å²) in [6, 6.07) is 2.53. The molecule has 1 rings (SSSR count). The van der Waals surface area contributed by atoms with E-state index in [1.54, 1.807) is 6.92 Å². The van der Waals surface area contributed by atoms with Crippen LogP contribution in [0.5, 0.6) is 5.75 Å². The van der Waals surface area contributed by atoms with Crippen LogP contribution in [0.15, 0.2) is 12.1 Å². The maximum absolute atomic E-state index is 10.8. The van der Waals surface area contributed by atoms with Crippen LogP contribution in [0.2, 0.25) is 0 Å². The second-order valence-corrected chi connectivity index (χ2v) is 3.55. The number of aromatic carboxylic acids is 1. The van der Waals surface area contributed by atoms with E-state index in [1.165, 1.54) is 12.1 Å². The van der Waals surface area contributed by atoms with Crippen LogP contribution in [-0.4, -0.2) is 16.2 Å². The fourth-order valence-corrected chi connectivity index (χ4v) is 1.43. The van der Waals surface area contributed by atoms with Gasteiger partial charge in [-0.3, -0.25) is 0 Å². The number of carboxylic acids is 1. The molecular weight excluding hydrogens is 230 g/mol. The Bertz CT molecular complexity index is 393. The first kappa shape index (κ1) is 14.7. The van der Waals surface area contributed by atoms with Gasteiger partial charge in [-0.2, -0.15) is 0 Å². The molecule has 0 spiro atoms. The highest BCUT2D eigenvalue weighted by atomic mass is 35.5. The molecule has 0 amide bonds. The molecule has 0 bridgehead atoms. The third kappa shape index (κ3) is 2.87. The van der Waals surface area contributed by atoms with E-state index in [-0.39, 0.29) is 29.8 Å². The maximum atomic E-state index is 10.8. The quantitative estimate of drug-likeness (QED) is 0.763. The average molecular weight is 246 g/mol. The van der Waals surface area contributed by atoms with Gasteiger partial charge >= 0.3 is 5.97 Å². The molecule has 0 aliphatic rings. The summed E-state index contributed by atoms with van der Waals surface area (Å²) >= 11 is 0. The Hall–Kier alpha value is -1.26. The second kappa shape index (κ2) is 5.72. The van der Waals surface area contributed by atoms with Gasteiger partial charge in [-0.05, 0) is 31.0 Å². The number of benzene rings is 1. The Balaban J connectivity index is 0.00000225. The molecule has 0 aliphatic heterocycles. The molecule has 1 aromatic carbocycles. The molecule has 4 nitrogen and oxygen atoms in total. The highest BCUT2D eigenvalue weighted by molar-refractivity contribution is 5.88. The van der Waals surface area contributed by atoms with E-state index >= 15 is 0 Å². The highest BCUT2D eigenvalue weighted by Gasteiger charge is 2.15. The number of nitrogens with two attached hydrogens (primary N) is 1. The lowest BCUT2D eigenvalue weighted by Gasteiger charge is -2.14. The van der Waals surface area contributed by atoms with Gasteiger partial charge in [0.2, 0.25) is 0 Å². The molecule has 0 aromatic heterocycles. The van der Waals surface area contributed by atoms with E-state index < -0.39 is 5.97 Å². The predicted octanol–water partition coefficient (Wildman–Crippen LogP) is 2.23. The van der Waals surface area contributed by atoms with Crippen molar-refractivity contribution in [2.24, 2.45) is 5.73 Å². The molecule has 4 N–H and O–H groups in total. The van der Waals surface area contributed by atoms with Crippen molar-refractivity contribution in [1.82, 2.24) is 0 Å². The molecule has 5 heteroatoms. The second-order valence-electron chi connectivity index (χ2n) is 3.55. The lowest BCUT2D eigenvalue weighted by molar-refractivity contribution is 0.0696. The van der Waals surface area contributed by atoms with Gasteiger partial charge in [-0.15, -0.1) is 12.4 Å². The molecule has 0 saturated carbocycles. The van der Waals surface area contributed by atoms with Crippen molar-refractivity contribution in [2.45, 2.75) is 26.3 Å². The number of phenols is 1. The van der Waals surface area contributed by atoms with Gasteiger partial charge in [0.25, 0.3) is 0 Å². The fraction of sp³-hybridized carbons (Fsp3) is 0.364. The van der Waals surface area contributed by atoms with Crippen LogP contribution >= 0.6 is 12.4 Å².